The van der Waals surface area contributed by atoms with Gasteiger partial charge in [0.2, 0.25) is 0 Å². The topological polar surface area (TPSA) is 51.6 Å². The van der Waals surface area contributed by atoms with Gasteiger partial charge in [0, 0.05) is 26.0 Å². The molecule has 1 spiro atoms. The summed E-state index contributed by atoms with van der Waals surface area (Å²) in [5, 5.41) is 10.7. The number of nitrogens with zero attached hydrogens (tertiary/aromatic N) is 1. The molecule has 1 aromatic heterocycles. The van der Waals surface area contributed by atoms with E-state index in [1.54, 1.807) is 6.20 Å². The Bertz CT molecular complexity index is 451. The van der Waals surface area contributed by atoms with E-state index in [4.69, 9.17) is 9.47 Å². The molecule has 0 aromatic carbocycles. The van der Waals surface area contributed by atoms with Gasteiger partial charge in [-0.3, -0.25) is 4.98 Å². The van der Waals surface area contributed by atoms with Crippen LogP contribution >= 0.6 is 0 Å². The highest BCUT2D eigenvalue weighted by Gasteiger charge is 2.41. The minimum atomic E-state index is -0.486. The van der Waals surface area contributed by atoms with Crippen molar-refractivity contribution in [1.29, 1.82) is 0 Å². The maximum Gasteiger partial charge on any atom is 0.0992 e. The van der Waals surface area contributed by atoms with Gasteiger partial charge in [0.1, 0.15) is 0 Å². The molecule has 20 heavy (non-hydrogen) atoms. The lowest BCUT2D eigenvalue weighted by atomic mass is 9.77. The van der Waals surface area contributed by atoms with E-state index in [0.717, 1.165) is 56.8 Å². The largest absolute Gasteiger partial charge is 0.387 e. The van der Waals surface area contributed by atoms with Crippen LogP contribution in [-0.2, 0) is 9.47 Å². The number of hydrogen-bond acceptors (Lipinski definition) is 4. The second-order valence-electron chi connectivity index (χ2n) is 6.05. The predicted molar refractivity (Wildman–Crippen MR) is 75.4 cm³/mol. The fourth-order valence-electron chi connectivity index (χ4n) is 3.46. The third-order valence-corrected chi connectivity index (χ3v) is 4.71. The molecule has 2 aliphatic heterocycles. The Balaban J connectivity index is 1.75. The summed E-state index contributed by atoms with van der Waals surface area (Å²) in [5.41, 5.74) is 1.80. The van der Waals surface area contributed by atoms with Gasteiger partial charge < -0.3 is 14.6 Å². The number of aryl methyl sites for hydroxylation is 1. The summed E-state index contributed by atoms with van der Waals surface area (Å²) in [6.45, 7) is 4.28. The van der Waals surface area contributed by atoms with Crippen molar-refractivity contribution < 1.29 is 14.6 Å². The molecule has 3 rings (SSSR count). The zero-order chi connectivity index (χ0) is 14.0. The summed E-state index contributed by atoms with van der Waals surface area (Å²) in [7, 11) is 0. The van der Waals surface area contributed by atoms with Crippen molar-refractivity contribution >= 4 is 0 Å². The summed E-state index contributed by atoms with van der Waals surface area (Å²) in [6.07, 6.45) is 4.97. The molecular formula is C16H23NO3. The quantitative estimate of drug-likeness (QED) is 0.902. The predicted octanol–water partition coefficient (Wildman–Crippen LogP) is 2.40. The molecule has 1 N–H and O–H groups in total. The van der Waals surface area contributed by atoms with Crippen LogP contribution in [0.5, 0.6) is 0 Å². The molecule has 4 nitrogen and oxygen atoms in total. The van der Waals surface area contributed by atoms with Crippen molar-refractivity contribution in [1.82, 2.24) is 4.98 Å². The standard InChI is InChI=1S/C16H23NO3/c1-12-3-2-7-17-14(12)15(18)13-4-8-20-16(11-13)5-9-19-10-6-16/h2-3,7,13,15,18H,4-6,8-11H2,1H3. The fraction of sp³-hybridized carbons (Fsp3) is 0.688. The molecule has 4 heteroatoms. The minimum absolute atomic E-state index is 0.0785. The van der Waals surface area contributed by atoms with Crippen molar-refractivity contribution in [3.8, 4) is 0 Å². The van der Waals surface area contributed by atoms with Gasteiger partial charge in [0.05, 0.1) is 17.4 Å². The Morgan fingerprint density at radius 2 is 2.15 bits per heavy atom. The van der Waals surface area contributed by atoms with Crippen LogP contribution in [0.15, 0.2) is 18.3 Å². The van der Waals surface area contributed by atoms with Crippen molar-refractivity contribution in [2.75, 3.05) is 19.8 Å². The number of aromatic nitrogens is 1. The smallest absolute Gasteiger partial charge is 0.0992 e. The number of aliphatic hydroxyl groups excluding tert-OH is 1. The van der Waals surface area contributed by atoms with Gasteiger partial charge in [0.15, 0.2) is 0 Å². The molecule has 2 saturated heterocycles. The van der Waals surface area contributed by atoms with Gasteiger partial charge in [0.25, 0.3) is 0 Å². The minimum Gasteiger partial charge on any atom is -0.387 e. The van der Waals surface area contributed by atoms with Crippen LogP contribution in [0.25, 0.3) is 0 Å². The van der Waals surface area contributed by atoms with Crippen molar-refractivity contribution in [3.05, 3.63) is 29.6 Å². The van der Waals surface area contributed by atoms with Gasteiger partial charge in [-0.25, -0.2) is 0 Å². The maximum atomic E-state index is 10.7. The highest BCUT2D eigenvalue weighted by Crippen LogP contribution is 2.41. The maximum absolute atomic E-state index is 10.7. The molecule has 3 heterocycles. The third-order valence-electron chi connectivity index (χ3n) is 4.71. The van der Waals surface area contributed by atoms with E-state index >= 15 is 0 Å². The summed E-state index contributed by atoms with van der Waals surface area (Å²) in [4.78, 5) is 4.37. The summed E-state index contributed by atoms with van der Waals surface area (Å²) in [6, 6.07) is 3.92. The van der Waals surface area contributed by atoms with E-state index in [1.165, 1.54) is 0 Å². The van der Waals surface area contributed by atoms with Gasteiger partial charge >= 0.3 is 0 Å². The van der Waals surface area contributed by atoms with Crippen LogP contribution in [0.1, 0.15) is 43.0 Å². The molecule has 0 aliphatic carbocycles. The van der Waals surface area contributed by atoms with E-state index in [0.29, 0.717) is 0 Å². The molecule has 2 unspecified atom stereocenters. The second kappa shape index (κ2) is 5.80. The van der Waals surface area contributed by atoms with Gasteiger partial charge in [-0.1, -0.05) is 6.07 Å². The molecular weight excluding hydrogens is 254 g/mol. The Kier molecular flexibility index (Phi) is 4.06. The van der Waals surface area contributed by atoms with E-state index in [9.17, 15) is 5.11 Å². The first kappa shape index (κ1) is 14.0. The Morgan fingerprint density at radius 3 is 2.90 bits per heavy atom. The van der Waals surface area contributed by atoms with Crippen molar-refractivity contribution in [3.63, 3.8) is 0 Å². The van der Waals surface area contributed by atoms with Crippen LogP contribution in [0.3, 0.4) is 0 Å². The fourth-order valence-corrected chi connectivity index (χ4v) is 3.46. The zero-order valence-corrected chi connectivity index (χ0v) is 12.0. The first-order valence-electron chi connectivity index (χ1n) is 7.51. The summed E-state index contributed by atoms with van der Waals surface area (Å²) < 4.78 is 11.5. The van der Waals surface area contributed by atoms with Crippen LogP contribution in [0.4, 0.5) is 0 Å². The number of rotatable bonds is 2. The average Bonchev–Trinajstić information content (AvgIpc) is 2.48. The first-order valence-corrected chi connectivity index (χ1v) is 7.51. The summed E-state index contributed by atoms with van der Waals surface area (Å²) >= 11 is 0. The zero-order valence-electron chi connectivity index (χ0n) is 12.0. The van der Waals surface area contributed by atoms with E-state index in [2.05, 4.69) is 4.98 Å². The van der Waals surface area contributed by atoms with Crippen molar-refractivity contribution in [2.24, 2.45) is 5.92 Å². The number of pyridine rings is 1. The summed E-state index contributed by atoms with van der Waals surface area (Å²) in [5.74, 6) is 0.232. The van der Waals surface area contributed by atoms with Gasteiger partial charge in [-0.2, -0.15) is 0 Å². The van der Waals surface area contributed by atoms with Crippen LogP contribution < -0.4 is 0 Å². The SMILES string of the molecule is Cc1cccnc1C(O)C1CCOC2(CCOCC2)C1. The van der Waals surface area contributed by atoms with Crippen LogP contribution in [0, 0.1) is 12.8 Å². The lowest BCUT2D eigenvalue weighted by Crippen LogP contribution is -2.45. The molecule has 0 radical (unpaired) electrons. The molecule has 2 atom stereocenters. The Hall–Kier alpha value is -0.970. The molecule has 1 aromatic rings. The van der Waals surface area contributed by atoms with E-state index in [1.807, 2.05) is 19.1 Å². The number of ether oxygens (including phenoxy) is 2. The third kappa shape index (κ3) is 2.73. The Morgan fingerprint density at radius 1 is 1.35 bits per heavy atom. The van der Waals surface area contributed by atoms with Crippen molar-refractivity contribution in [2.45, 2.75) is 44.3 Å². The van der Waals surface area contributed by atoms with Gasteiger partial charge in [-0.05, 0) is 50.2 Å². The molecule has 0 bridgehead atoms. The van der Waals surface area contributed by atoms with Gasteiger partial charge in [-0.15, -0.1) is 0 Å². The lowest BCUT2D eigenvalue weighted by molar-refractivity contribution is -0.159. The average molecular weight is 277 g/mol. The van der Waals surface area contributed by atoms with E-state index in [-0.39, 0.29) is 11.5 Å². The number of hydrogen-bond donors (Lipinski definition) is 1. The monoisotopic (exact) mass is 277 g/mol. The van der Waals surface area contributed by atoms with E-state index < -0.39 is 6.10 Å². The lowest BCUT2D eigenvalue weighted by Gasteiger charge is -2.44. The molecule has 0 saturated carbocycles. The highest BCUT2D eigenvalue weighted by molar-refractivity contribution is 5.20. The Labute approximate surface area is 120 Å². The molecule has 110 valence electrons. The second-order valence-corrected chi connectivity index (χ2v) is 6.05. The first-order chi connectivity index (χ1) is 9.70. The number of aliphatic hydroxyl groups is 1. The highest BCUT2D eigenvalue weighted by atomic mass is 16.5. The normalized spacial score (nSPS) is 27.4. The molecule has 2 aliphatic rings. The molecule has 0 amide bonds. The molecule has 2 fully saturated rings. The van der Waals surface area contributed by atoms with Crippen LogP contribution in [0.2, 0.25) is 0 Å². The van der Waals surface area contributed by atoms with Crippen LogP contribution in [-0.4, -0.2) is 35.5 Å².